The lowest BCUT2D eigenvalue weighted by atomic mass is 9.85. The fourth-order valence-corrected chi connectivity index (χ4v) is 5.68. The molecule has 0 aromatic heterocycles. The summed E-state index contributed by atoms with van der Waals surface area (Å²) in [7, 11) is 3.41. The van der Waals surface area contributed by atoms with Crippen LogP contribution >= 0.6 is 0 Å². The van der Waals surface area contributed by atoms with Gasteiger partial charge in [-0.3, -0.25) is 4.79 Å². The number of fused-ring (bicyclic) bond motifs is 1. The summed E-state index contributed by atoms with van der Waals surface area (Å²) in [6, 6.07) is 14.8. The highest BCUT2D eigenvalue weighted by Gasteiger charge is 2.36. The first kappa shape index (κ1) is 33.2. The second kappa shape index (κ2) is 17.5. The summed E-state index contributed by atoms with van der Waals surface area (Å²) in [5.74, 6) is 0.866. The number of hydrogen-bond donors (Lipinski definition) is 2. The third-order valence-corrected chi connectivity index (χ3v) is 7.79. The lowest BCUT2D eigenvalue weighted by Crippen LogP contribution is -2.51. The Hall–Kier alpha value is -2.73. The van der Waals surface area contributed by atoms with Gasteiger partial charge in [0.1, 0.15) is 12.4 Å². The third kappa shape index (κ3) is 10.2. The molecule has 4 rings (SSSR count). The Kier molecular flexibility index (Phi) is 13.5. The summed E-state index contributed by atoms with van der Waals surface area (Å²) in [6.07, 6.45) is 0.738. The maximum atomic E-state index is 11.5. The van der Waals surface area contributed by atoms with Gasteiger partial charge in [0, 0.05) is 59.3 Å². The average Bonchev–Trinajstić information content (AvgIpc) is 3.01. The number of methoxy groups -OCH3 is 2. The number of anilines is 1. The van der Waals surface area contributed by atoms with E-state index in [4.69, 9.17) is 28.4 Å². The summed E-state index contributed by atoms with van der Waals surface area (Å²) < 4.78 is 35.1. The number of amides is 1. The summed E-state index contributed by atoms with van der Waals surface area (Å²) in [4.78, 5) is 13.9. The standard InChI is InChI=1S/C33H49N3O7/c1-24(35-25(2)37)21-42-31-19-34-20-32(33(31)28-9-6-26(7-10-28)22-40-17-16-39-4)43-23-27-8-11-30-29(18-27)36(13-15-41-30)12-5-14-38-3/h6-11,18,24,31-34H,5,12-17,19-23H2,1-4H3,(H,35,37)/t24-,31-,32+,33+/m1/s1. The van der Waals surface area contributed by atoms with Crippen LogP contribution < -0.4 is 20.3 Å². The van der Waals surface area contributed by atoms with Crippen LogP contribution in [0.2, 0.25) is 0 Å². The fraction of sp³-hybridized carbons (Fsp3) is 0.606. The third-order valence-electron chi connectivity index (χ3n) is 7.79. The number of carbonyl (C=O) groups excluding carboxylic acids is 1. The average molecular weight is 600 g/mol. The number of nitrogens with one attached hydrogen (secondary N) is 2. The van der Waals surface area contributed by atoms with Gasteiger partial charge >= 0.3 is 0 Å². The van der Waals surface area contributed by atoms with Crippen molar-refractivity contribution >= 4 is 11.6 Å². The zero-order chi connectivity index (χ0) is 30.4. The van der Waals surface area contributed by atoms with Crippen LogP contribution in [0.4, 0.5) is 5.69 Å². The number of ether oxygens (including phenoxy) is 6. The Bertz CT molecular complexity index is 1120. The molecular weight excluding hydrogens is 550 g/mol. The van der Waals surface area contributed by atoms with Crippen LogP contribution in [0.25, 0.3) is 0 Å². The molecule has 2 aromatic rings. The van der Waals surface area contributed by atoms with Gasteiger partial charge in [0.15, 0.2) is 0 Å². The van der Waals surface area contributed by atoms with E-state index in [2.05, 4.69) is 58.0 Å². The highest BCUT2D eigenvalue weighted by atomic mass is 16.5. The molecule has 0 radical (unpaired) electrons. The smallest absolute Gasteiger partial charge is 0.217 e. The van der Waals surface area contributed by atoms with Crippen molar-refractivity contribution in [2.75, 3.05) is 78.3 Å². The highest BCUT2D eigenvalue weighted by Crippen LogP contribution is 2.34. The first-order valence-electron chi connectivity index (χ1n) is 15.3. The predicted molar refractivity (Wildman–Crippen MR) is 166 cm³/mol. The van der Waals surface area contributed by atoms with Crippen molar-refractivity contribution in [1.29, 1.82) is 0 Å². The van der Waals surface area contributed by atoms with Gasteiger partial charge in [-0.1, -0.05) is 30.3 Å². The van der Waals surface area contributed by atoms with Crippen molar-refractivity contribution in [1.82, 2.24) is 10.6 Å². The molecule has 10 heteroatoms. The topological polar surface area (TPSA) is 99.8 Å². The molecule has 2 aromatic carbocycles. The molecule has 2 N–H and O–H groups in total. The monoisotopic (exact) mass is 599 g/mol. The summed E-state index contributed by atoms with van der Waals surface area (Å²) in [5, 5.41) is 6.43. The van der Waals surface area contributed by atoms with Gasteiger partial charge in [-0.05, 0) is 42.2 Å². The summed E-state index contributed by atoms with van der Waals surface area (Å²) in [6.45, 7) is 10.7. The van der Waals surface area contributed by atoms with Crippen molar-refractivity contribution in [2.24, 2.45) is 0 Å². The normalized spacial score (nSPS) is 20.7. The number of carbonyl (C=O) groups is 1. The zero-order valence-electron chi connectivity index (χ0n) is 26.1. The van der Waals surface area contributed by atoms with Crippen molar-refractivity contribution in [2.45, 2.75) is 57.6 Å². The minimum Gasteiger partial charge on any atom is -0.490 e. The Morgan fingerprint density at radius 1 is 1.00 bits per heavy atom. The minimum absolute atomic E-state index is 0.0146. The summed E-state index contributed by atoms with van der Waals surface area (Å²) in [5.41, 5.74) is 4.48. The van der Waals surface area contributed by atoms with Crippen LogP contribution in [0, 0.1) is 0 Å². The number of piperidine rings is 1. The Morgan fingerprint density at radius 2 is 1.74 bits per heavy atom. The molecule has 1 amide bonds. The molecule has 1 saturated heterocycles. The maximum absolute atomic E-state index is 11.5. The number of rotatable bonds is 17. The Balaban J connectivity index is 1.47. The zero-order valence-corrected chi connectivity index (χ0v) is 26.1. The van der Waals surface area contributed by atoms with Crippen molar-refractivity contribution in [3.8, 4) is 5.75 Å². The number of nitrogens with zero attached hydrogens (tertiary/aromatic N) is 1. The first-order valence-corrected chi connectivity index (χ1v) is 15.3. The van der Waals surface area contributed by atoms with Crippen LogP contribution in [-0.2, 0) is 41.7 Å². The lowest BCUT2D eigenvalue weighted by Gasteiger charge is -2.39. The largest absolute Gasteiger partial charge is 0.490 e. The van der Waals surface area contributed by atoms with Gasteiger partial charge in [0.25, 0.3) is 0 Å². The SMILES string of the molecule is COCCCN1CCOc2ccc(CO[C@H]3CNC[C@@H](OC[C@@H](C)NC(C)=O)[C@@H]3c3ccc(COCCOC)cc3)cc21. The summed E-state index contributed by atoms with van der Waals surface area (Å²) >= 11 is 0. The van der Waals surface area contributed by atoms with Crippen LogP contribution in [0.3, 0.4) is 0 Å². The molecule has 0 saturated carbocycles. The van der Waals surface area contributed by atoms with E-state index in [1.165, 1.54) is 6.92 Å². The van der Waals surface area contributed by atoms with Gasteiger partial charge in [-0.15, -0.1) is 0 Å². The first-order chi connectivity index (χ1) is 21.0. The lowest BCUT2D eigenvalue weighted by molar-refractivity contribution is -0.120. The van der Waals surface area contributed by atoms with E-state index in [9.17, 15) is 4.79 Å². The number of benzene rings is 2. The van der Waals surface area contributed by atoms with Crippen LogP contribution in [0.15, 0.2) is 42.5 Å². The molecule has 0 aliphatic carbocycles. The molecule has 2 aliphatic rings. The van der Waals surface area contributed by atoms with Crippen molar-refractivity contribution in [3.63, 3.8) is 0 Å². The quantitative estimate of drug-likeness (QED) is 0.266. The molecule has 1 fully saturated rings. The molecule has 10 nitrogen and oxygen atoms in total. The molecule has 0 spiro atoms. The second-order valence-corrected chi connectivity index (χ2v) is 11.3. The molecule has 2 heterocycles. The van der Waals surface area contributed by atoms with E-state index in [1.807, 2.05) is 6.92 Å². The Labute approximate surface area is 256 Å². The van der Waals surface area contributed by atoms with E-state index >= 15 is 0 Å². The highest BCUT2D eigenvalue weighted by molar-refractivity contribution is 5.73. The Morgan fingerprint density at radius 3 is 2.49 bits per heavy atom. The van der Waals surface area contributed by atoms with E-state index < -0.39 is 0 Å². The van der Waals surface area contributed by atoms with Gasteiger partial charge in [0.05, 0.1) is 57.5 Å². The van der Waals surface area contributed by atoms with E-state index in [-0.39, 0.29) is 30.1 Å². The van der Waals surface area contributed by atoms with E-state index in [0.717, 1.165) is 54.2 Å². The van der Waals surface area contributed by atoms with Gasteiger partial charge in [0.2, 0.25) is 5.91 Å². The molecule has 2 aliphatic heterocycles. The molecule has 238 valence electrons. The molecular formula is C33H49N3O7. The van der Waals surface area contributed by atoms with Crippen molar-refractivity contribution in [3.05, 3.63) is 59.2 Å². The van der Waals surface area contributed by atoms with Crippen LogP contribution in [0.1, 0.15) is 42.9 Å². The molecule has 4 atom stereocenters. The minimum atomic E-state index is -0.119. The van der Waals surface area contributed by atoms with E-state index in [0.29, 0.717) is 52.7 Å². The predicted octanol–water partition coefficient (Wildman–Crippen LogP) is 3.27. The fourth-order valence-electron chi connectivity index (χ4n) is 5.68. The van der Waals surface area contributed by atoms with Crippen LogP contribution in [0.5, 0.6) is 5.75 Å². The molecule has 0 unspecified atom stereocenters. The van der Waals surface area contributed by atoms with Gasteiger partial charge in [-0.2, -0.15) is 0 Å². The van der Waals surface area contributed by atoms with Crippen LogP contribution in [-0.4, -0.2) is 97.6 Å². The second-order valence-electron chi connectivity index (χ2n) is 11.3. The number of hydrogen-bond acceptors (Lipinski definition) is 9. The van der Waals surface area contributed by atoms with Gasteiger partial charge in [-0.25, -0.2) is 0 Å². The maximum Gasteiger partial charge on any atom is 0.217 e. The van der Waals surface area contributed by atoms with Gasteiger partial charge < -0.3 is 44.0 Å². The van der Waals surface area contributed by atoms with Crippen molar-refractivity contribution < 1.29 is 33.2 Å². The molecule has 0 bridgehead atoms. The molecule has 43 heavy (non-hydrogen) atoms. The van der Waals surface area contributed by atoms with E-state index in [1.54, 1.807) is 14.2 Å².